The molecule has 0 amide bonds. The maximum absolute atomic E-state index is 4.44. The Bertz CT molecular complexity index is 375. The summed E-state index contributed by atoms with van der Waals surface area (Å²) in [5, 5.41) is 3.71. The molecular weight excluding hydrogens is 196 g/mol. The van der Waals surface area contributed by atoms with Crippen LogP contribution in [-0.2, 0) is 6.54 Å². The van der Waals surface area contributed by atoms with Crippen LogP contribution in [0.1, 0.15) is 36.9 Å². The summed E-state index contributed by atoms with van der Waals surface area (Å²) in [5.74, 6) is 1.97. The molecule has 2 bridgehead atoms. The van der Waals surface area contributed by atoms with Gasteiger partial charge in [0.15, 0.2) is 0 Å². The Kier molecular flexibility index (Phi) is 2.68. The summed E-state index contributed by atoms with van der Waals surface area (Å²) in [4.78, 5) is 4.44. The van der Waals surface area contributed by atoms with Crippen LogP contribution in [0.3, 0.4) is 0 Å². The molecule has 3 unspecified atom stereocenters. The van der Waals surface area contributed by atoms with E-state index in [2.05, 4.69) is 23.3 Å². The fourth-order valence-corrected chi connectivity index (χ4v) is 3.43. The molecule has 16 heavy (non-hydrogen) atoms. The van der Waals surface area contributed by atoms with Crippen molar-refractivity contribution in [2.45, 2.75) is 45.2 Å². The van der Waals surface area contributed by atoms with Gasteiger partial charge in [-0.2, -0.15) is 0 Å². The van der Waals surface area contributed by atoms with Gasteiger partial charge in [0.05, 0.1) is 5.69 Å². The van der Waals surface area contributed by atoms with E-state index in [-0.39, 0.29) is 0 Å². The lowest BCUT2D eigenvalue weighted by Gasteiger charge is -2.23. The molecule has 3 rings (SSSR count). The van der Waals surface area contributed by atoms with Gasteiger partial charge in [0.1, 0.15) is 0 Å². The summed E-state index contributed by atoms with van der Waals surface area (Å²) in [5.41, 5.74) is 2.52. The predicted molar refractivity (Wildman–Crippen MR) is 65.0 cm³/mol. The highest BCUT2D eigenvalue weighted by Crippen LogP contribution is 2.44. The Balaban J connectivity index is 1.59. The van der Waals surface area contributed by atoms with E-state index in [1.54, 1.807) is 0 Å². The standard InChI is InChI=1S/C14H20N2/c1-10-3-2-6-15-14(10)9-16-13-8-11-4-5-12(13)7-11/h2-3,6,11-13,16H,4-5,7-9H2,1H3. The number of rotatable bonds is 3. The SMILES string of the molecule is Cc1cccnc1CNC1CC2CCC1C2. The minimum Gasteiger partial charge on any atom is -0.308 e. The van der Waals surface area contributed by atoms with Crippen molar-refractivity contribution in [1.82, 2.24) is 10.3 Å². The van der Waals surface area contributed by atoms with Crippen molar-refractivity contribution in [2.24, 2.45) is 11.8 Å². The van der Waals surface area contributed by atoms with Gasteiger partial charge >= 0.3 is 0 Å². The number of nitrogens with zero attached hydrogens (tertiary/aromatic N) is 1. The minimum absolute atomic E-state index is 0.764. The minimum atomic E-state index is 0.764. The van der Waals surface area contributed by atoms with Crippen molar-refractivity contribution < 1.29 is 0 Å². The second-order valence-corrected chi connectivity index (χ2v) is 5.43. The molecule has 0 aliphatic heterocycles. The van der Waals surface area contributed by atoms with Gasteiger partial charge in [-0.15, -0.1) is 0 Å². The molecule has 3 atom stereocenters. The van der Waals surface area contributed by atoms with Crippen LogP contribution in [0.5, 0.6) is 0 Å². The van der Waals surface area contributed by atoms with Gasteiger partial charge in [-0.1, -0.05) is 12.5 Å². The number of pyridine rings is 1. The lowest BCUT2D eigenvalue weighted by molar-refractivity contribution is 0.349. The van der Waals surface area contributed by atoms with E-state index in [9.17, 15) is 0 Å². The molecule has 2 heteroatoms. The summed E-state index contributed by atoms with van der Waals surface area (Å²) in [6.07, 6.45) is 7.69. The van der Waals surface area contributed by atoms with Gasteiger partial charge in [0, 0.05) is 18.8 Å². The first kappa shape index (κ1) is 10.3. The summed E-state index contributed by atoms with van der Waals surface area (Å²) >= 11 is 0. The van der Waals surface area contributed by atoms with Gasteiger partial charge in [-0.25, -0.2) is 0 Å². The van der Waals surface area contributed by atoms with Crippen LogP contribution in [0.25, 0.3) is 0 Å². The number of hydrogen-bond donors (Lipinski definition) is 1. The zero-order chi connectivity index (χ0) is 11.0. The summed E-state index contributed by atoms with van der Waals surface area (Å²) in [6.45, 7) is 3.09. The first-order chi connectivity index (χ1) is 7.83. The van der Waals surface area contributed by atoms with E-state index in [0.29, 0.717) is 0 Å². The fourth-order valence-electron chi connectivity index (χ4n) is 3.43. The van der Waals surface area contributed by atoms with Crippen LogP contribution >= 0.6 is 0 Å². The van der Waals surface area contributed by atoms with Crippen LogP contribution < -0.4 is 5.32 Å². The third kappa shape index (κ3) is 1.86. The molecule has 1 aromatic rings. The first-order valence-electron chi connectivity index (χ1n) is 6.47. The predicted octanol–water partition coefficient (Wildman–Crippen LogP) is 2.67. The summed E-state index contributed by atoms with van der Waals surface area (Å²) in [6, 6.07) is 4.92. The van der Waals surface area contributed by atoms with Gasteiger partial charge in [-0.3, -0.25) is 4.98 Å². The molecule has 0 radical (unpaired) electrons. The van der Waals surface area contributed by atoms with Gasteiger partial charge in [0.2, 0.25) is 0 Å². The fraction of sp³-hybridized carbons (Fsp3) is 0.643. The maximum Gasteiger partial charge on any atom is 0.0570 e. The van der Waals surface area contributed by atoms with Gasteiger partial charge in [-0.05, 0) is 49.7 Å². The lowest BCUT2D eigenvalue weighted by atomic mass is 9.95. The quantitative estimate of drug-likeness (QED) is 0.840. The first-order valence-corrected chi connectivity index (χ1v) is 6.47. The molecule has 86 valence electrons. The second kappa shape index (κ2) is 4.17. The van der Waals surface area contributed by atoms with Crippen LogP contribution in [0, 0.1) is 18.8 Å². The molecule has 2 nitrogen and oxygen atoms in total. The third-order valence-electron chi connectivity index (χ3n) is 4.39. The molecule has 0 spiro atoms. The van der Waals surface area contributed by atoms with Crippen molar-refractivity contribution in [2.75, 3.05) is 0 Å². The van der Waals surface area contributed by atoms with E-state index in [0.717, 1.165) is 24.4 Å². The van der Waals surface area contributed by atoms with Gasteiger partial charge in [0.25, 0.3) is 0 Å². The summed E-state index contributed by atoms with van der Waals surface area (Å²) < 4.78 is 0. The molecule has 1 N–H and O–H groups in total. The van der Waals surface area contributed by atoms with E-state index < -0.39 is 0 Å². The third-order valence-corrected chi connectivity index (χ3v) is 4.39. The number of aryl methyl sites for hydroxylation is 1. The Labute approximate surface area is 97.5 Å². The topological polar surface area (TPSA) is 24.9 Å². The van der Waals surface area contributed by atoms with Gasteiger partial charge < -0.3 is 5.32 Å². The number of nitrogens with one attached hydrogen (secondary N) is 1. The van der Waals surface area contributed by atoms with Crippen LogP contribution in [0.2, 0.25) is 0 Å². The molecule has 2 aliphatic rings. The maximum atomic E-state index is 4.44. The van der Waals surface area contributed by atoms with Crippen LogP contribution in [0.4, 0.5) is 0 Å². The normalized spacial score (nSPS) is 32.2. The second-order valence-electron chi connectivity index (χ2n) is 5.43. The number of aromatic nitrogens is 1. The van der Waals surface area contributed by atoms with Crippen LogP contribution in [0.15, 0.2) is 18.3 Å². The molecule has 0 aromatic carbocycles. The van der Waals surface area contributed by atoms with E-state index >= 15 is 0 Å². The van der Waals surface area contributed by atoms with Crippen molar-refractivity contribution >= 4 is 0 Å². The molecule has 1 heterocycles. The average molecular weight is 216 g/mol. The molecule has 2 fully saturated rings. The highest BCUT2D eigenvalue weighted by atomic mass is 14.9. The largest absolute Gasteiger partial charge is 0.308 e. The van der Waals surface area contributed by atoms with E-state index in [1.165, 1.54) is 36.9 Å². The van der Waals surface area contributed by atoms with E-state index in [1.807, 2.05) is 12.3 Å². The highest BCUT2D eigenvalue weighted by Gasteiger charge is 2.38. The molecule has 2 saturated carbocycles. The Morgan fingerprint density at radius 2 is 2.31 bits per heavy atom. The molecular formula is C14H20N2. The Morgan fingerprint density at radius 3 is 3.00 bits per heavy atom. The zero-order valence-electron chi connectivity index (χ0n) is 9.95. The molecule has 1 aromatic heterocycles. The lowest BCUT2D eigenvalue weighted by Crippen LogP contribution is -2.33. The van der Waals surface area contributed by atoms with Crippen molar-refractivity contribution in [1.29, 1.82) is 0 Å². The van der Waals surface area contributed by atoms with E-state index in [4.69, 9.17) is 0 Å². The zero-order valence-corrected chi connectivity index (χ0v) is 9.95. The molecule has 0 saturated heterocycles. The average Bonchev–Trinajstić information content (AvgIpc) is 2.90. The number of hydrogen-bond acceptors (Lipinski definition) is 2. The highest BCUT2D eigenvalue weighted by molar-refractivity contribution is 5.17. The van der Waals surface area contributed by atoms with Crippen LogP contribution in [-0.4, -0.2) is 11.0 Å². The Morgan fingerprint density at radius 1 is 1.38 bits per heavy atom. The Hall–Kier alpha value is -0.890. The number of fused-ring (bicyclic) bond motifs is 2. The summed E-state index contributed by atoms with van der Waals surface area (Å²) in [7, 11) is 0. The van der Waals surface area contributed by atoms with Crippen molar-refractivity contribution in [3.8, 4) is 0 Å². The smallest absolute Gasteiger partial charge is 0.0570 e. The van der Waals surface area contributed by atoms with Crippen molar-refractivity contribution in [3.63, 3.8) is 0 Å². The molecule has 2 aliphatic carbocycles. The monoisotopic (exact) mass is 216 g/mol. The van der Waals surface area contributed by atoms with Crippen molar-refractivity contribution in [3.05, 3.63) is 29.6 Å².